The summed E-state index contributed by atoms with van der Waals surface area (Å²) in [7, 11) is 4.51. The van der Waals surface area contributed by atoms with E-state index in [2.05, 4.69) is 39.6 Å². The van der Waals surface area contributed by atoms with E-state index < -0.39 is 95.9 Å². The number of piperidine rings is 1. The fourth-order valence-electron chi connectivity index (χ4n) is 18.3. The molecule has 0 spiro atoms. The molecule has 2 aromatic carbocycles. The molecule has 34 heteroatoms. The van der Waals surface area contributed by atoms with Crippen molar-refractivity contribution in [1.29, 1.82) is 0 Å². The van der Waals surface area contributed by atoms with Gasteiger partial charge in [0.2, 0.25) is 17.6 Å². The van der Waals surface area contributed by atoms with Gasteiger partial charge in [0.1, 0.15) is 47.6 Å². The molecule has 0 radical (unpaired) electrons. The Bertz CT molecular complexity index is 4740. The van der Waals surface area contributed by atoms with Crippen LogP contribution in [0.25, 0.3) is 33.2 Å². The number of nitrogens with zero attached hydrogens (tertiary/aromatic N) is 5. The number of methoxy groups -OCH3 is 3. The summed E-state index contributed by atoms with van der Waals surface area (Å²) in [5.41, 5.74) is 15.4. The largest absolute Gasteiger partial charge is 0.460 e. The number of fused-ring (bicyclic) bond motifs is 6. The number of carbonyl (C=O) groups is 8. The molecule has 10 rings (SSSR count). The van der Waals surface area contributed by atoms with Gasteiger partial charge < -0.3 is 112 Å². The Labute approximate surface area is 806 Å². The first kappa shape index (κ1) is 110. The number of Topliss-reactive ketones (excluding diaryl/α,β-unsaturated/α-hetero) is 3. The first-order valence-electron chi connectivity index (χ1n) is 49.1. The average Bonchev–Trinajstić information content (AvgIpc) is 1.58. The quantitative estimate of drug-likeness (QED) is 0.00794. The molecular formula is C103H150N8O26. The van der Waals surface area contributed by atoms with Crippen LogP contribution in [-0.4, -0.2) is 314 Å². The molecule has 758 valence electrons. The van der Waals surface area contributed by atoms with E-state index in [0.717, 1.165) is 56.3 Å². The number of nitrogens with one attached hydrogen (secondary N) is 2. The van der Waals surface area contributed by atoms with Gasteiger partial charge in [-0.2, -0.15) is 5.10 Å². The number of hydrogen-bond donors (Lipinski definition) is 5. The molecular weight excluding hydrogens is 1770 g/mol. The molecule has 34 nitrogen and oxygen atoms in total. The maximum absolute atomic E-state index is 14.8. The predicted molar refractivity (Wildman–Crippen MR) is 513 cm³/mol. The molecule has 5 aromatic rings. The van der Waals surface area contributed by atoms with E-state index in [0.29, 0.717) is 234 Å². The molecule has 4 aliphatic heterocycles. The third-order valence-corrected chi connectivity index (χ3v) is 26.3. The highest BCUT2D eigenvalue weighted by molar-refractivity contribution is 6.39. The topological polar surface area (TPSA) is 416 Å². The minimum absolute atomic E-state index is 0.00879. The van der Waals surface area contributed by atoms with Crippen molar-refractivity contribution in [3.63, 3.8) is 0 Å². The number of aliphatic hydroxyl groups is 2. The van der Waals surface area contributed by atoms with Crippen LogP contribution in [-0.2, 0) is 134 Å². The number of aromatic nitrogens is 4. The van der Waals surface area contributed by atoms with Crippen molar-refractivity contribution in [3.8, 4) is 11.3 Å². The lowest BCUT2D eigenvalue weighted by atomic mass is 9.78. The number of nitrogens with two attached hydrogens (primary N) is 1. The third-order valence-electron chi connectivity index (χ3n) is 26.3. The van der Waals surface area contributed by atoms with Crippen molar-refractivity contribution >= 4 is 74.6 Å². The van der Waals surface area contributed by atoms with Gasteiger partial charge in [0.25, 0.3) is 11.7 Å². The predicted octanol–water partition coefficient (Wildman–Crippen LogP) is 10.7. The van der Waals surface area contributed by atoms with Crippen LogP contribution in [0.15, 0.2) is 109 Å². The zero-order valence-electron chi connectivity index (χ0n) is 82.0. The fourth-order valence-corrected chi connectivity index (χ4v) is 18.3. The van der Waals surface area contributed by atoms with Crippen molar-refractivity contribution in [3.05, 3.63) is 125 Å². The second-order valence-electron chi connectivity index (χ2n) is 36.7. The molecule has 0 unspecified atom stereocenters. The van der Waals surface area contributed by atoms with E-state index in [1.54, 1.807) is 48.0 Å². The second kappa shape index (κ2) is 58.3. The van der Waals surface area contributed by atoms with Crippen molar-refractivity contribution in [2.75, 3.05) is 179 Å². The number of nitrogen functional groups attached to an aromatic ring is 1. The minimum Gasteiger partial charge on any atom is -0.460 e. The molecule has 2 bridgehead atoms. The Hall–Kier alpha value is -8.92. The standard InChI is InChI=1S/C103H150N8O26/c1-69-18-12-11-13-19-70(2)88(122-8)64-82-28-24-75(7)103(121,137-82)99(118)101(119)110-36-15-14-21-85(110)102(120)136-89(65-86(112)71(3)59-74(6)97(117)98(124-10)96(116)73(5)58-69)72(4)60-76-26-29-87(90(62-76)123-9)135-93(115)23-17-38-125-42-46-129-50-54-133-55-51-130-47-43-126-39-32-91(113)105-35-41-128-45-49-132-53-57-134-56-52-131-48-44-127-40-33-92(114)109-37-31-78-61-77(25-27-80(78)68-109)67-111-84-22-16-20-83(104)94(84)95(108-111)81-63-79-30-34-106-100(79)107-66-81/h11-13,16,18-20,22,25,27,30,34,59,61,63,66,69,71-73,75-76,82,85,87-90,97-98,117,121H,14-15,17,21,23-24,26,28-29,31-33,35-58,60,62,64-65,67-68,104H2,1-10H3,(H,105,113)(H,106,107)/b13-11+,18-12+,70-19+,74-59+/t69-,71-,72-,73-,75-,76+,82+,85+,87-,88+,89+,90-,97-,98+,103-/m1/s1. The van der Waals surface area contributed by atoms with Gasteiger partial charge in [-0.05, 0) is 161 Å². The number of allylic oxidation sites excluding steroid dienone is 6. The molecule has 3 amide bonds. The molecule has 1 aliphatic carbocycles. The number of H-pyrrole nitrogens is 1. The SMILES string of the molecule is CO[C@H]1C[C@@H]2CC[C@@H](C)[C@@](O)(O2)C(=O)C(=O)N2CCCC[C@H]2C(=O)O[C@H]([C@H](C)C[C@@H]2CC[C@@H](OC(=O)CCCOCCOCCOCCOCCOCCC(=O)NCCOCCOCCOCCOCCOCCC(=O)N3CCc4cc(Cn5nc(-c6cnc7[nH]ccc7c6)c6c(N)cccc65)ccc4C3)[C@H](OC)C2)CC(=O)[C@H](C)/C=C(\C)[C@@H](O)[C@@H](OC)C(=O)[C@H](C)C[C@H](C)/C=C/C=C/C=C/1C. The Morgan fingerprint density at radius 3 is 2.01 bits per heavy atom. The number of amides is 3. The van der Waals surface area contributed by atoms with Crippen LogP contribution in [0.5, 0.6) is 0 Å². The van der Waals surface area contributed by atoms with Crippen LogP contribution in [0.1, 0.15) is 168 Å². The summed E-state index contributed by atoms with van der Waals surface area (Å²) in [6.45, 7) is 21.9. The van der Waals surface area contributed by atoms with Gasteiger partial charge in [0, 0.05) is 127 Å². The average molecular weight is 1920 g/mol. The van der Waals surface area contributed by atoms with Gasteiger partial charge in [-0.25, -0.2) is 9.78 Å². The molecule has 15 atom stereocenters. The van der Waals surface area contributed by atoms with Gasteiger partial charge in [-0.1, -0.05) is 95.3 Å². The number of ketones is 3. The number of esters is 2. The van der Waals surface area contributed by atoms with Gasteiger partial charge in [-0.15, -0.1) is 0 Å². The first-order chi connectivity index (χ1) is 66.3. The lowest BCUT2D eigenvalue weighted by molar-refractivity contribution is -0.265. The normalized spacial score (nSPS) is 25.9. The van der Waals surface area contributed by atoms with Crippen molar-refractivity contribution in [2.24, 2.45) is 35.5 Å². The smallest absolute Gasteiger partial charge is 0.329 e. The summed E-state index contributed by atoms with van der Waals surface area (Å²) in [6, 6.07) is 15.2. The molecule has 6 N–H and O–H groups in total. The number of carbonyl (C=O) groups excluding carboxylic acids is 8. The zero-order valence-corrected chi connectivity index (χ0v) is 82.0. The van der Waals surface area contributed by atoms with Gasteiger partial charge in [0.05, 0.1) is 168 Å². The number of benzene rings is 2. The van der Waals surface area contributed by atoms with E-state index >= 15 is 0 Å². The third kappa shape index (κ3) is 34.5. The lowest BCUT2D eigenvalue weighted by Crippen LogP contribution is -2.61. The Kier molecular flexibility index (Phi) is 46.9. The highest BCUT2D eigenvalue weighted by atomic mass is 16.6. The molecule has 3 aromatic heterocycles. The summed E-state index contributed by atoms with van der Waals surface area (Å²) >= 11 is 0. The second-order valence-corrected chi connectivity index (χ2v) is 36.7. The minimum atomic E-state index is -2.48. The maximum Gasteiger partial charge on any atom is 0.329 e. The van der Waals surface area contributed by atoms with Gasteiger partial charge in [0.15, 0.2) is 5.78 Å². The van der Waals surface area contributed by atoms with E-state index in [1.807, 2.05) is 97.4 Å². The number of hydrogen-bond acceptors (Lipinski definition) is 29. The number of cyclic esters (lactones) is 1. The monoisotopic (exact) mass is 1920 g/mol. The summed E-state index contributed by atoms with van der Waals surface area (Å²) in [5.74, 6) is -9.08. The van der Waals surface area contributed by atoms with E-state index in [1.165, 1.54) is 17.6 Å². The number of ether oxygens (including phenoxy) is 16. The molecule has 3 fully saturated rings. The molecule has 7 heterocycles. The lowest BCUT2D eigenvalue weighted by Gasteiger charge is -2.42. The van der Waals surface area contributed by atoms with Crippen LogP contribution >= 0.6 is 0 Å². The van der Waals surface area contributed by atoms with Crippen molar-refractivity contribution < 1.29 is 124 Å². The number of pyridine rings is 1. The van der Waals surface area contributed by atoms with Crippen LogP contribution in [0.4, 0.5) is 5.69 Å². The van der Waals surface area contributed by atoms with Crippen LogP contribution in [0, 0.1) is 35.5 Å². The van der Waals surface area contributed by atoms with Crippen LogP contribution in [0.2, 0.25) is 0 Å². The van der Waals surface area contributed by atoms with E-state index in [9.17, 15) is 48.6 Å². The molecule has 2 saturated heterocycles. The number of aliphatic hydroxyl groups excluding tert-OH is 1. The van der Waals surface area contributed by atoms with Crippen LogP contribution in [0.3, 0.4) is 0 Å². The number of anilines is 1. The summed E-state index contributed by atoms with van der Waals surface area (Å²) in [6.07, 6.45) is 15.7. The van der Waals surface area contributed by atoms with Crippen molar-refractivity contribution in [1.82, 2.24) is 34.9 Å². The maximum atomic E-state index is 14.8. The number of aromatic amines is 1. The van der Waals surface area contributed by atoms with Gasteiger partial charge >= 0.3 is 11.9 Å². The molecule has 137 heavy (non-hydrogen) atoms. The van der Waals surface area contributed by atoms with Crippen molar-refractivity contribution in [2.45, 2.75) is 225 Å². The zero-order chi connectivity index (χ0) is 98.0. The molecule has 5 aliphatic rings. The Balaban J connectivity index is 0.510. The van der Waals surface area contributed by atoms with E-state index in [-0.39, 0.29) is 86.4 Å². The van der Waals surface area contributed by atoms with E-state index in [4.69, 9.17) is 86.6 Å². The fraction of sp³-hybridized carbons (Fsp3) is 0.650. The molecule has 1 saturated carbocycles. The highest BCUT2D eigenvalue weighted by Crippen LogP contribution is 2.40. The summed E-state index contributed by atoms with van der Waals surface area (Å²) < 4.78 is 94.3. The Morgan fingerprint density at radius 1 is 0.679 bits per heavy atom. The first-order valence-corrected chi connectivity index (χ1v) is 49.1. The van der Waals surface area contributed by atoms with Gasteiger partial charge in [-0.3, -0.25) is 38.2 Å². The Morgan fingerprint density at radius 2 is 1.34 bits per heavy atom. The van der Waals surface area contributed by atoms with Crippen LogP contribution < -0.4 is 11.1 Å². The number of rotatable bonds is 47. The summed E-state index contributed by atoms with van der Waals surface area (Å²) in [5, 5.41) is 33.6. The highest BCUT2D eigenvalue weighted by Gasteiger charge is 2.53. The summed E-state index contributed by atoms with van der Waals surface area (Å²) in [4.78, 5) is 122.